The van der Waals surface area contributed by atoms with Crippen LogP contribution in [0.25, 0.3) is 0 Å². The van der Waals surface area contributed by atoms with Gasteiger partial charge in [0.05, 0.1) is 6.10 Å². The molecule has 1 rings (SSSR count). The second kappa shape index (κ2) is 7.91. The van der Waals surface area contributed by atoms with Crippen LogP contribution in [0, 0.1) is 0 Å². The van der Waals surface area contributed by atoms with Crippen molar-refractivity contribution in [3.05, 3.63) is 42.5 Å². The molecule has 0 saturated carbocycles. The van der Waals surface area contributed by atoms with Gasteiger partial charge in [-0.1, -0.05) is 18.2 Å². The average Bonchev–Trinajstić information content (AvgIpc) is 2.28. The van der Waals surface area contributed by atoms with Gasteiger partial charge >= 0.3 is 0 Å². The molecule has 0 bridgehead atoms. The lowest BCUT2D eigenvalue weighted by atomic mass is 10.2. The van der Waals surface area contributed by atoms with E-state index in [-0.39, 0.29) is 6.10 Å². The molecule has 17 heavy (non-hydrogen) atoms. The van der Waals surface area contributed by atoms with E-state index in [0.717, 1.165) is 31.7 Å². The Bertz CT molecular complexity index is 333. The van der Waals surface area contributed by atoms with Crippen LogP contribution in [-0.4, -0.2) is 12.6 Å². The van der Waals surface area contributed by atoms with E-state index in [0.29, 0.717) is 0 Å². The maximum absolute atomic E-state index is 5.66. The zero-order valence-corrected chi connectivity index (χ0v) is 10.9. The second-order valence-corrected chi connectivity index (χ2v) is 4.42. The van der Waals surface area contributed by atoms with Crippen molar-refractivity contribution in [2.45, 2.75) is 39.3 Å². The van der Waals surface area contributed by atoms with Crippen LogP contribution in [0.3, 0.4) is 0 Å². The van der Waals surface area contributed by atoms with Gasteiger partial charge in [-0.2, -0.15) is 0 Å². The fourth-order valence-electron chi connectivity index (χ4n) is 1.61. The Morgan fingerprint density at radius 3 is 2.94 bits per heavy atom. The normalized spacial score (nSPS) is 10.5. The third kappa shape index (κ3) is 6.12. The molecule has 0 aromatic heterocycles. The largest absolute Gasteiger partial charge is 0.491 e. The molecule has 0 aliphatic carbocycles. The summed E-state index contributed by atoms with van der Waals surface area (Å²) in [5.74, 6) is 0.949. The first-order valence-corrected chi connectivity index (χ1v) is 6.29. The number of nitrogens with one attached hydrogen (secondary N) is 1. The van der Waals surface area contributed by atoms with Gasteiger partial charge in [0.1, 0.15) is 5.75 Å². The molecule has 0 aliphatic rings. The number of unbranched alkanes of at least 4 members (excludes halogenated alkanes) is 1. The van der Waals surface area contributed by atoms with Crippen molar-refractivity contribution < 1.29 is 4.74 Å². The van der Waals surface area contributed by atoms with E-state index >= 15 is 0 Å². The van der Waals surface area contributed by atoms with Crippen LogP contribution in [0.5, 0.6) is 5.75 Å². The molecule has 2 heteroatoms. The van der Waals surface area contributed by atoms with E-state index in [9.17, 15) is 0 Å². The number of rotatable bonds is 8. The smallest absolute Gasteiger partial charge is 0.120 e. The third-order valence-corrected chi connectivity index (χ3v) is 2.36. The van der Waals surface area contributed by atoms with E-state index in [1.165, 1.54) is 5.56 Å². The molecular formula is C15H23NO. The first-order valence-electron chi connectivity index (χ1n) is 6.29. The van der Waals surface area contributed by atoms with Gasteiger partial charge in [-0.15, -0.1) is 6.58 Å². The predicted octanol–water partition coefficient (Wildman–Crippen LogP) is 3.53. The minimum absolute atomic E-state index is 0.228. The highest BCUT2D eigenvalue weighted by Crippen LogP contribution is 2.14. The molecular weight excluding hydrogens is 210 g/mol. The summed E-state index contributed by atoms with van der Waals surface area (Å²) in [7, 11) is 0. The Morgan fingerprint density at radius 1 is 1.41 bits per heavy atom. The van der Waals surface area contributed by atoms with Crippen LogP contribution < -0.4 is 10.1 Å². The van der Waals surface area contributed by atoms with E-state index < -0.39 is 0 Å². The van der Waals surface area contributed by atoms with Gasteiger partial charge in [0, 0.05) is 6.54 Å². The van der Waals surface area contributed by atoms with Crippen LogP contribution in [0.15, 0.2) is 36.9 Å². The molecule has 1 aromatic rings. The number of hydrogen-bond donors (Lipinski definition) is 1. The lowest BCUT2D eigenvalue weighted by Crippen LogP contribution is -2.14. The zero-order valence-electron chi connectivity index (χ0n) is 10.9. The van der Waals surface area contributed by atoms with Crippen molar-refractivity contribution in [1.82, 2.24) is 5.32 Å². The fraction of sp³-hybridized carbons (Fsp3) is 0.467. The summed E-state index contributed by atoms with van der Waals surface area (Å²) in [5.41, 5.74) is 1.27. The standard InChI is InChI=1S/C15H23NO/c1-4-5-6-10-16-12-14-8-7-9-15(11-14)17-13(2)3/h4,7-9,11,13,16H,1,5-6,10,12H2,2-3H3. The first kappa shape index (κ1) is 13.8. The summed E-state index contributed by atoms with van der Waals surface area (Å²) in [4.78, 5) is 0. The van der Waals surface area contributed by atoms with Crippen molar-refractivity contribution in [2.24, 2.45) is 0 Å². The molecule has 1 N–H and O–H groups in total. The van der Waals surface area contributed by atoms with Gasteiger partial charge in [0.25, 0.3) is 0 Å². The number of benzene rings is 1. The third-order valence-electron chi connectivity index (χ3n) is 2.36. The molecule has 0 radical (unpaired) electrons. The number of ether oxygens (including phenoxy) is 1. The molecule has 0 aliphatic heterocycles. The van der Waals surface area contributed by atoms with Gasteiger partial charge in [-0.25, -0.2) is 0 Å². The molecule has 1 aromatic carbocycles. The topological polar surface area (TPSA) is 21.3 Å². The Morgan fingerprint density at radius 2 is 2.24 bits per heavy atom. The van der Waals surface area contributed by atoms with Crippen molar-refractivity contribution in [3.63, 3.8) is 0 Å². The minimum Gasteiger partial charge on any atom is -0.491 e. The fourth-order valence-corrected chi connectivity index (χ4v) is 1.61. The van der Waals surface area contributed by atoms with Gasteiger partial charge in [0.2, 0.25) is 0 Å². The quantitative estimate of drug-likeness (QED) is 0.548. The maximum Gasteiger partial charge on any atom is 0.120 e. The lowest BCUT2D eigenvalue weighted by Gasteiger charge is -2.11. The Hall–Kier alpha value is -1.28. The molecule has 0 unspecified atom stereocenters. The summed E-state index contributed by atoms with van der Waals surface area (Å²) >= 11 is 0. The van der Waals surface area contributed by atoms with Crippen LogP contribution in [0.1, 0.15) is 32.3 Å². The first-order chi connectivity index (χ1) is 8.22. The van der Waals surface area contributed by atoms with Crippen LogP contribution in [-0.2, 0) is 6.54 Å². The highest BCUT2D eigenvalue weighted by molar-refractivity contribution is 5.28. The number of allylic oxidation sites excluding steroid dienone is 1. The average molecular weight is 233 g/mol. The summed E-state index contributed by atoms with van der Waals surface area (Å²) in [6, 6.07) is 8.26. The van der Waals surface area contributed by atoms with Crippen molar-refractivity contribution in [2.75, 3.05) is 6.54 Å². The predicted molar refractivity (Wildman–Crippen MR) is 73.3 cm³/mol. The second-order valence-electron chi connectivity index (χ2n) is 4.42. The summed E-state index contributed by atoms with van der Waals surface area (Å²) < 4.78 is 5.66. The Balaban J connectivity index is 2.35. The molecule has 0 saturated heterocycles. The Kier molecular flexibility index (Phi) is 6.41. The van der Waals surface area contributed by atoms with E-state index in [1.54, 1.807) is 0 Å². The van der Waals surface area contributed by atoms with Gasteiger partial charge in [-0.3, -0.25) is 0 Å². The van der Waals surface area contributed by atoms with Gasteiger partial charge in [0.15, 0.2) is 0 Å². The van der Waals surface area contributed by atoms with Crippen molar-refractivity contribution >= 4 is 0 Å². The Labute approximate surface area is 105 Å². The van der Waals surface area contributed by atoms with Gasteiger partial charge in [-0.05, 0) is 50.9 Å². The molecule has 0 atom stereocenters. The molecule has 0 spiro atoms. The van der Waals surface area contributed by atoms with Crippen molar-refractivity contribution in [3.8, 4) is 5.75 Å². The van der Waals surface area contributed by atoms with E-state index in [4.69, 9.17) is 4.74 Å². The minimum atomic E-state index is 0.228. The highest BCUT2D eigenvalue weighted by Gasteiger charge is 1.99. The summed E-state index contributed by atoms with van der Waals surface area (Å²) in [6.07, 6.45) is 4.40. The zero-order chi connectivity index (χ0) is 12.5. The molecule has 94 valence electrons. The lowest BCUT2D eigenvalue weighted by molar-refractivity contribution is 0.242. The van der Waals surface area contributed by atoms with Crippen LogP contribution in [0.2, 0.25) is 0 Å². The van der Waals surface area contributed by atoms with Crippen LogP contribution >= 0.6 is 0 Å². The maximum atomic E-state index is 5.66. The molecule has 0 heterocycles. The SMILES string of the molecule is C=CCCCNCc1cccc(OC(C)C)c1. The van der Waals surface area contributed by atoms with E-state index in [1.807, 2.05) is 32.1 Å². The molecule has 2 nitrogen and oxygen atoms in total. The summed E-state index contributed by atoms with van der Waals surface area (Å²) in [6.45, 7) is 9.72. The summed E-state index contributed by atoms with van der Waals surface area (Å²) in [5, 5.41) is 3.41. The van der Waals surface area contributed by atoms with Crippen LogP contribution in [0.4, 0.5) is 0 Å². The highest BCUT2D eigenvalue weighted by atomic mass is 16.5. The molecule has 0 fully saturated rings. The monoisotopic (exact) mass is 233 g/mol. The van der Waals surface area contributed by atoms with E-state index in [2.05, 4.69) is 24.0 Å². The number of hydrogen-bond acceptors (Lipinski definition) is 2. The van der Waals surface area contributed by atoms with Gasteiger partial charge < -0.3 is 10.1 Å². The van der Waals surface area contributed by atoms with Crippen molar-refractivity contribution in [1.29, 1.82) is 0 Å². The molecule has 0 amide bonds.